The van der Waals surface area contributed by atoms with Gasteiger partial charge in [0.25, 0.3) is 0 Å². The SMILES string of the molecule is O=S(=O)(c1ccc2ncsc2c1)N1CCCC2(CCCN(Cc3cccnc3)C2)C1. The van der Waals surface area contributed by atoms with Crippen LogP contribution in [0.15, 0.2) is 53.1 Å². The molecule has 0 saturated carbocycles. The fourth-order valence-electron chi connectivity index (χ4n) is 5.04. The molecule has 2 aromatic heterocycles. The van der Waals surface area contributed by atoms with Gasteiger partial charge in [0.2, 0.25) is 10.0 Å². The van der Waals surface area contributed by atoms with Crippen molar-refractivity contribution in [2.24, 2.45) is 5.41 Å². The minimum atomic E-state index is -3.50. The monoisotopic (exact) mass is 442 g/mol. The number of hydrogen-bond acceptors (Lipinski definition) is 6. The molecule has 0 N–H and O–H groups in total. The molecule has 6 nitrogen and oxygen atoms in total. The zero-order valence-electron chi connectivity index (χ0n) is 16.9. The van der Waals surface area contributed by atoms with Crippen LogP contribution >= 0.6 is 11.3 Å². The molecule has 0 bridgehead atoms. The lowest BCUT2D eigenvalue weighted by Gasteiger charge is -2.48. The van der Waals surface area contributed by atoms with E-state index in [1.54, 1.807) is 28.1 Å². The number of aromatic nitrogens is 2. The lowest BCUT2D eigenvalue weighted by Crippen LogP contribution is -2.53. The van der Waals surface area contributed by atoms with Crippen LogP contribution < -0.4 is 0 Å². The van der Waals surface area contributed by atoms with Gasteiger partial charge in [-0.15, -0.1) is 11.3 Å². The Morgan fingerprint density at radius 1 is 1.10 bits per heavy atom. The van der Waals surface area contributed by atoms with E-state index >= 15 is 0 Å². The summed E-state index contributed by atoms with van der Waals surface area (Å²) in [6.45, 7) is 4.10. The average Bonchev–Trinajstić information content (AvgIpc) is 3.23. The Balaban J connectivity index is 1.35. The van der Waals surface area contributed by atoms with Crippen molar-refractivity contribution in [3.8, 4) is 0 Å². The standard InChI is InChI=1S/C22H26N4O2S2/c27-30(28,19-5-6-20-21(12-19)29-17-24-20)26-11-3-8-22(16-26)7-2-10-25(15-22)14-18-4-1-9-23-13-18/h1,4-6,9,12-13,17H,2-3,7-8,10-11,14-16H2. The molecular weight excluding hydrogens is 416 g/mol. The van der Waals surface area contributed by atoms with E-state index in [2.05, 4.69) is 20.9 Å². The largest absolute Gasteiger partial charge is 0.298 e. The predicted molar refractivity (Wildman–Crippen MR) is 119 cm³/mol. The van der Waals surface area contributed by atoms with Gasteiger partial charge in [0.15, 0.2) is 0 Å². The number of piperidine rings is 2. The van der Waals surface area contributed by atoms with Gasteiger partial charge in [-0.25, -0.2) is 13.4 Å². The van der Waals surface area contributed by atoms with Crippen molar-refractivity contribution in [3.63, 3.8) is 0 Å². The van der Waals surface area contributed by atoms with Gasteiger partial charge < -0.3 is 0 Å². The van der Waals surface area contributed by atoms with Crippen LogP contribution in [0.4, 0.5) is 0 Å². The number of benzene rings is 1. The van der Waals surface area contributed by atoms with Crippen LogP contribution in [-0.2, 0) is 16.6 Å². The highest BCUT2D eigenvalue weighted by molar-refractivity contribution is 7.89. The molecule has 2 aliphatic rings. The third-order valence-corrected chi connectivity index (χ3v) is 9.07. The van der Waals surface area contributed by atoms with E-state index in [4.69, 9.17) is 0 Å². The van der Waals surface area contributed by atoms with Gasteiger partial charge in [-0.1, -0.05) is 6.07 Å². The molecule has 2 aliphatic heterocycles. The fraction of sp³-hybridized carbons (Fsp3) is 0.455. The second-order valence-electron chi connectivity index (χ2n) is 8.60. The van der Waals surface area contributed by atoms with Crippen molar-refractivity contribution in [3.05, 3.63) is 53.8 Å². The Labute approximate surface area is 181 Å². The summed E-state index contributed by atoms with van der Waals surface area (Å²) in [5.74, 6) is 0. The summed E-state index contributed by atoms with van der Waals surface area (Å²) in [5.41, 5.74) is 3.87. The van der Waals surface area contributed by atoms with Crippen LogP contribution in [0, 0.1) is 5.41 Å². The van der Waals surface area contributed by atoms with E-state index in [1.165, 1.54) is 16.9 Å². The summed E-state index contributed by atoms with van der Waals surface area (Å²) in [5, 5.41) is 0. The molecule has 30 heavy (non-hydrogen) atoms. The Hall–Kier alpha value is -1.87. The third-order valence-electron chi connectivity index (χ3n) is 6.44. The van der Waals surface area contributed by atoms with Crippen molar-refractivity contribution >= 4 is 31.6 Å². The van der Waals surface area contributed by atoms with Crippen LogP contribution in [0.25, 0.3) is 10.2 Å². The fourth-order valence-corrected chi connectivity index (χ4v) is 7.45. The Kier molecular flexibility index (Phi) is 5.35. The van der Waals surface area contributed by atoms with E-state index in [1.807, 2.05) is 18.3 Å². The van der Waals surface area contributed by atoms with Crippen LogP contribution in [-0.4, -0.2) is 53.8 Å². The minimum absolute atomic E-state index is 0.0420. The van der Waals surface area contributed by atoms with Crippen molar-refractivity contribution in [2.75, 3.05) is 26.2 Å². The molecule has 1 spiro atoms. The molecular formula is C22H26N4O2S2. The highest BCUT2D eigenvalue weighted by Gasteiger charge is 2.42. The van der Waals surface area contributed by atoms with Gasteiger partial charge in [-0.3, -0.25) is 9.88 Å². The number of thiazole rings is 1. The topological polar surface area (TPSA) is 66.4 Å². The first kappa shape index (κ1) is 20.1. The maximum absolute atomic E-state index is 13.4. The predicted octanol–water partition coefficient (Wildman–Crippen LogP) is 3.76. The summed E-state index contributed by atoms with van der Waals surface area (Å²) in [6.07, 6.45) is 7.94. The first-order chi connectivity index (χ1) is 14.5. The molecule has 8 heteroatoms. The summed E-state index contributed by atoms with van der Waals surface area (Å²) in [4.78, 5) is 11.4. The maximum Gasteiger partial charge on any atom is 0.243 e. The zero-order chi connectivity index (χ0) is 20.6. The van der Waals surface area contributed by atoms with Crippen LogP contribution in [0.1, 0.15) is 31.2 Å². The maximum atomic E-state index is 13.4. The summed E-state index contributed by atoms with van der Waals surface area (Å²) in [6, 6.07) is 9.38. The van der Waals surface area contributed by atoms with E-state index in [9.17, 15) is 8.42 Å². The molecule has 3 aromatic rings. The summed E-state index contributed by atoms with van der Waals surface area (Å²) in [7, 11) is -3.50. The Morgan fingerprint density at radius 2 is 1.97 bits per heavy atom. The molecule has 1 aromatic carbocycles. The zero-order valence-corrected chi connectivity index (χ0v) is 18.5. The first-order valence-electron chi connectivity index (χ1n) is 10.5. The van der Waals surface area contributed by atoms with E-state index in [0.717, 1.165) is 55.5 Å². The van der Waals surface area contributed by atoms with Crippen LogP contribution in [0.3, 0.4) is 0 Å². The van der Waals surface area contributed by atoms with Crippen LogP contribution in [0.5, 0.6) is 0 Å². The number of pyridine rings is 1. The average molecular weight is 443 g/mol. The molecule has 5 rings (SSSR count). The second-order valence-corrected chi connectivity index (χ2v) is 11.4. The number of sulfonamides is 1. The highest BCUT2D eigenvalue weighted by Crippen LogP contribution is 2.40. The molecule has 4 heterocycles. The van der Waals surface area contributed by atoms with Gasteiger partial charge in [0.1, 0.15) is 0 Å². The Bertz CT molecular complexity index is 1130. The molecule has 158 valence electrons. The van der Waals surface area contributed by atoms with Crippen molar-refractivity contribution in [1.29, 1.82) is 0 Å². The van der Waals surface area contributed by atoms with Crippen molar-refractivity contribution < 1.29 is 8.42 Å². The summed E-state index contributed by atoms with van der Waals surface area (Å²) < 4.78 is 29.5. The molecule has 0 aliphatic carbocycles. The van der Waals surface area contributed by atoms with Gasteiger partial charge in [-0.05, 0) is 67.5 Å². The quantitative estimate of drug-likeness (QED) is 0.616. The molecule has 0 radical (unpaired) electrons. The van der Waals surface area contributed by atoms with Crippen molar-refractivity contribution in [1.82, 2.24) is 19.2 Å². The number of fused-ring (bicyclic) bond motifs is 1. The van der Waals surface area contributed by atoms with Gasteiger partial charge in [0.05, 0.1) is 20.6 Å². The smallest absolute Gasteiger partial charge is 0.243 e. The van der Waals surface area contributed by atoms with Gasteiger partial charge >= 0.3 is 0 Å². The highest BCUT2D eigenvalue weighted by atomic mass is 32.2. The minimum Gasteiger partial charge on any atom is -0.298 e. The molecule has 0 amide bonds. The second kappa shape index (κ2) is 8.00. The lowest BCUT2D eigenvalue weighted by molar-refractivity contribution is 0.0361. The number of likely N-dealkylation sites (tertiary alicyclic amines) is 1. The van der Waals surface area contributed by atoms with E-state index in [0.29, 0.717) is 18.0 Å². The first-order valence-corrected chi connectivity index (χ1v) is 12.8. The Morgan fingerprint density at radius 3 is 2.80 bits per heavy atom. The molecule has 1 atom stereocenters. The molecule has 2 fully saturated rings. The van der Waals surface area contributed by atoms with Gasteiger partial charge in [0, 0.05) is 38.6 Å². The van der Waals surface area contributed by atoms with Crippen LogP contribution in [0.2, 0.25) is 0 Å². The van der Waals surface area contributed by atoms with E-state index in [-0.39, 0.29) is 5.41 Å². The van der Waals surface area contributed by atoms with Gasteiger partial charge in [-0.2, -0.15) is 4.31 Å². The number of nitrogens with zero attached hydrogens (tertiary/aromatic N) is 4. The number of hydrogen-bond donors (Lipinski definition) is 0. The van der Waals surface area contributed by atoms with Crippen molar-refractivity contribution in [2.45, 2.75) is 37.1 Å². The number of rotatable bonds is 4. The normalized spacial score (nSPS) is 23.9. The molecule has 1 unspecified atom stereocenters. The lowest BCUT2D eigenvalue weighted by atomic mass is 9.74. The third kappa shape index (κ3) is 3.89. The van der Waals surface area contributed by atoms with E-state index < -0.39 is 10.0 Å². The summed E-state index contributed by atoms with van der Waals surface area (Å²) >= 11 is 1.48. The molecule has 2 saturated heterocycles.